The van der Waals surface area contributed by atoms with Crippen molar-refractivity contribution in [2.24, 2.45) is 11.8 Å². The van der Waals surface area contributed by atoms with Gasteiger partial charge in [0.05, 0.1) is 0 Å². The van der Waals surface area contributed by atoms with E-state index in [2.05, 4.69) is 15.6 Å². The lowest BCUT2D eigenvalue weighted by Gasteiger charge is -2.29. The molecule has 168 valence electrons. The second kappa shape index (κ2) is 10.3. The summed E-state index contributed by atoms with van der Waals surface area (Å²) in [4.78, 5) is 28.0. The second-order valence-corrected chi connectivity index (χ2v) is 9.37. The molecular weight excluding hydrogens is 393 g/mol. The van der Waals surface area contributed by atoms with Gasteiger partial charge in [-0.15, -0.1) is 0 Å². The SMILES string of the molecule is O=C(CC1CCCCC1)NC1CCC(C(=O)NCCc2c[nH]c3cc(F)ccc23)CC1. The van der Waals surface area contributed by atoms with E-state index in [9.17, 15) is 14.0 Å². The van der Waals surface area contributed by atoms with Gasteiger partial charge in [0, 0.05) is 42.0 Å². The maximum atomic E-state index is 13.3. The Bertz CT molecular complexity index is 895. The van der Waals surface area contributed by atoms with Crippen LogP contribution in [0.5, 0.6) is 0 Å². The minimum Gasteiger partial charge on any atom is -0.361 e. The van der Waals surface area contributed by atoms with Crippen LogP contribution in [0.2, 0.25) is 0 Å². The zero-order valence-electron chi connectivity index (χ0n) is 18.2. The lowest BCUT2D eigenvalue weighted by atomic mass is 9.84. The zero-order valence-corrected chi connectivity index (χ0v) is 18.2. The van der Waals surface area contributed by atoms with Crippen molar-refractivity contribution >= 4 is 22.7 Å². The minimum atomic E-state index is -0.255. The fourth-order valence-electron chi connectivity index (χ4n) is 5.27. The maximum absolute atomic E-state index is 13.3. The molecule has 2 aliphatic rings. The van der Waals surface area contributed by atoms with Crippen LogP contribution in [0.4, 0.5) is 4.39 Å². The van der Waals surface area contributed by atoms with Crippen LogP contribution in [-0.2, 0) is 16.0 Å². The van der Waals surface area contributed by atoms with E-state index in [1.54, 1.807) is 6.07 Å². The van der Waals surface area contributed by atoms with Crippen molar-refractivity contribution in [1.29, 1.82) is 0 Å². The highest BCUT2D eigenvalue weighted by Crippen LogP contribution is 2.28. The molecule has 2 saturated carbocycles. The third kappa shape index (κ3) is 5.86. The van der Waals surface area contributed by atoms with Crippen LogP contribution in [-0.4, -0.2) is 29.4 Å². The highest BCUT2D eigenvalue weighted by Gasteiger charge is 2.27. The predicted octanol–water partition coefficient (Wildman–Crippen LogP) is 4.61. The van der Waals surface area contributed by atoms with Gasteiger partial charge in [-0.05, 0) is 74.6 Å². The highest BCUT2D eigenvalue weighted by molar-refractivity contribution is 5.83. The molecule has 0 spiro atoms. The molecule has 2 amide bonds. The highest BCUT2D eigenvalue weighted by atomic mass is 19.1. The molecule has 0 unspecified atom stereocenters. The molecule has 6 heteroatoms. The Morgan fingerprint density at radius 1 is 1.03 bits per heavy atom. The van der Waals surface area contributed by atoms with Crippen LogP contribution >= 0.6 is 0 Å². The van der Waals surface area contributed by atoms with E-state index in [0.717, 1.165) is 42.1 Å². The molecule has 0 bridgehead atoms. The van der Waals surface area contributed by atoms with Gasteiger partial charge < -0.3 is 15.6 Å². The van der Waals surface area contributed by atoms with Gasteiger partial charge in [0.25, 0.3) is 0 Å². The van der Waals surface area contributed by atoms with Crippen LogP contribution in [0.25, 0.3) is 10.9 Å². The Morgan fingerprint density at radius 2 is 1.81 bits per heavy atom. The number of carbonyl (C=O) groups is 2. The first-order valence-electron chi connectivity index (χ1n) is 11.9. The minimum absolute atomic E-state index is 0.0311. The number of halogens is 1. The van der Waals surface area contributed by atoms with Crippen molar-refractivity contribution in [3.8, 4) is 0 Å². The fraction of sp³-hybridized carbons (Fsp3) is 0.600. The van der Waals surface area contributed by atoms with Crippen LogP contribution in [0.1, 0.15) is 69.8 Å². The van der Waals surface area contributed by atoms with E-state index < -0.39 is 0 Å². The largest absolute Gasteiger partial charge is 0.361 e. The van der Waals surface area contributed by atoms with Gasteiger partial charge in [0.2, 0.25) is 11.8 Å². The Morgan fingerprint density at radius 3 is 2.58 bits per heavy atom. The van der Waals surface area contributed by atoms with Crippen LogP contribution in [0, 0.1) is 17.7 Å². The van der Waals surface area contributed by atoms with Crippen LogP contribution < -0.4 is 10.6 Å². The number of hydrogen-bond donors (Lipinski definition) is 3. The smallest absolute Gasteiger partial charge is 0.223 e. The van der Waals surface area contributed by atoms with Crippen molar-refractivity contribution in [3.63, 3.8) is 0 Å². The van der Waals surface area contributed by atoms with E-state index in [1.807, 2.05) is 6.20 Å². The quantitative estimate of drug-likeness (QED) is 0.604. The summed E-state index contributed by atoms with van der Waals surface area (Å²) < 4.78 is 13.3. The summed E-state index contributed by atoms with van der Waals surface area (Å²) in [6.07, 6.45) is 12.9. The number of aromatic nitrogens is 1. The van der Waals surface area contributed by atoms with Crippen molar-refractivity contribution in [3.05, 3.63) is 35.8 Å². The number of hydrogen-bond acceptors (Lipinski definition) is 2. The Balaban J connectivity index is 1.15. The van der Waals surface area contributed by atoms with Crippen molar-refractivity contribution < 1.29 is 14.0 Å². The number of H-pyrrole nitrogens is 1. The summed E-state index contributed by atoms with van der Waals surface area (Å²) >= 11 is 0. The summed E-state index contributed by atoms with van der Waals surface area (Å²) in [7, 11) is 0. The Kier molecular flexibility index (Phi) is 7.25. The molecule has 31 heavy (non-hydrogen) atoms. The molecule has 0 atom stereocenters. The summed E-state index contributed by atoms with van der Waals surface area (Å²) in [5.41, 5.74) is 1.87. The molecule has 0 radical (unpaired) electrons. The summed E-state index contributed by atoms with van der Waals surface area (Å²) in [5, 5.41) is 7.27. The van der Waals surface area contributed by atoms with E-state index in [4.69, 9.17) is 0 Å². The summed E-state index contributed by atoms with van der Waals surface area (Å²) in [6, 6.07) is 4.95. The molecule has 2 aromatic rings. The molecule has 0 saturated heterocycles. The van der Waals surface area contributed by atoms with Gasteiger partial charge in [-0.25, -0.2) is 4.39 Å². The molecule has 4 rings (SSSR count). The number of benzene rings is 1. The molecule has 1 aromatic heterocycles. The first kappa shape index (κ1) is 21.8. The number of nitrogens with one attached hydrogen (secondary N) is 3. The molecule has 2 aliphatic carbocycles. The molecule has 1 heterocycles. The van der Waals surface area contributed by atoms with Gasteiger partial charge >= 0.3 is 0 Å². The number of rotatable bonds is 7. The first-order valence-corrected chi connectivity index (χ1v) is 11.9. The fourth-order valence-corrected chi connectivity index (χ4v) is 5.27. The van der Waals surface area contributed by atoms with Crippen molar-refractivity contribution in [1.82, 2.24) is 15.6 Å². The van der Waals surface area contributed by atoms with Gasteiger partial charge in [0.1, 0.15) is 5.82 Å². The Labute approximate surface area is 183 Å². The van der Waals surface area contributed by atoms with E-state index >= 15 is 0 Å². The zero-order chi connectivity index (χ0) is 21.6. The monoisotopic (exact) mass is 427 g/mol. The summed E-state index contributed by atoms with van der Waals surface area (Å²) in [6.45, 7) is 0.571. The number of aromatic amines is 1. The topological polar surface area (TPSA) is 74.0 Å². The average molecular weight is 428 g/mol. The van der Waals surface area contributed by atoms with Gasteiger partial charge in [-0.2, -0.15) is 0 Å². The van der Waals surface area contributed by atoms with Gasteiger partial charge in [-0.1, -0.05) is 19.3 Å². The molecule has 2 fully saturated rings. The third-order valence-electron chi connectivity index (χ3n) is 7.08. The Hall–Kier alpha value is -2.37. The normalized spacial score (nSPS) is 22.4. The van der Waals surface area contributed by atoms with Crippen molar-refractivity contribution in [2.45, 2.75) is 76.7 Å². The van der Waals surface area contributed by atoms with Gasteiger partial charge in [0.15, 0.2) is 0 Å². The number of fused-ring (bicyclic) bond motifs is 1. The van der Waals surface area contributed by atoms with E-state index in [1.165, 1.54) is 44.2 Å². The maximum Gasteiger partial charge on any atom is 0.223 e. The lowest BCUT2D eigenvalue weighted by molar-refractivity contribution is -0.126. The number of carbonyl (C=O) groups excluding carboxylic acids is 2. The average Bonchev–Trinajstić information content (AvgIpc) is 3.16. The molecule has 3 N–H and O–H groups in total. The lowest BCUT2D eigenvalue weighted by Crippen LogP contribution is -2.41. The summed E-state index contributed by atoms with van der Waals surface area (Å²) in [5.74, 6) is 0.641. The van der Waals surface area contributed by atoms with E-state index in [-0.39, 0.29) is 29.6 Å². The molecule has 5 nitrogen and oxygen atoms in total. The molecule has 0 aliphatic heterocycles. The molecular formula is C25H34FN3O2. The van der Waals surface area contributed by atoms with Crippen molar-refractivity contribution in [2.75, 3.05) is 6.54 Å². The third-order valence-corrected chi connectivity index (χ3v) is 7.08. The second-order valence-electron chi connectivity index (χ2n) is 9.37. The first-order chi connectivity index (χ1) is 15.1. The standard InChI is InChI=1S/C25H34FN3O2/c26-20-8-11-22-19(16-28-23(22)15-20)12-13-27-25(31)18-6-9-21(10-7-18)29-24(30)14-17-4-2-1-3-5-17/h8,11,15-18,21,28H,1-7,9-10,12-14H2,(H,27,31)(H,29,30). The van der Waals surface area contributed by atoms with Crippen LogP contribution in [0.3, 0.4) is 0 Å². The van der Waals surface area contributed by atoms with Gasteiger partial charge in [-0.3, -0.25) is 9.59 Å². The molecule has 1 aromatic carbocycles. The van der Waals surface area contributed by atoms with E-state index in [0.29, 0.717) is 25.3 Å². The van der Waals surface area contributed by atoms with Crippen LogP contribution in [0.15, 0.2) is 24.4 Å². The number of amides is 2. The predicted molar refractivity (Wildman–Crippen MR) is 120 cm³/mol.